The van der Waals surface area contributed by atoms with Gasteiger partial charge in [0.1, 0.15) is 12.1 Å². The molecule has 0 aromatic rings. The summed E-state index contributed by atoms with van der Waals surface area (Å²) in [5, 5.41) is 17.7. The van der Waals surface area contributed by atoms with Crippen LogP contribution in [0.15, 0.2) is 0 Å². The highest BCUT2D eigenvalue weighted by Gasteiger charge is 2.46. The summed E-state index contributed by atoms with van der Waals surface area (Å²) in [4.78, 5) is 38.2. The van der Waals surface area contributed by atoms with E-state index in [9.17, 15) is 19.6 Å². The van der Waals surface area contributed by atoms with Crippen molar-refractivity contribution >= 4 is 18.2 Å². The van der Waals surface area contributed by atoms with E-state index in [1.807, 2.05) is 41.5 Å². The van der Waals surface area contributed by atoms with Crippen molar-refractivity contribution in [2.75, 3.05) is 6.54 Å². The summed E-state index contributed by atoms with van der Waals surface area (Å²) in [6.07, 6.45) is 3.33. The molecule has 0 aliphatic carbocycles. The first-order valence-corrected chi connectivity index (χ1v) is 10.2. The number of hydrogen-bond donors (Lipinski definition) is 3. The molecule has 0 aromatic carbocycles. The molecule has 0 saturated carbocycles. The van der Waals surface area contributed by atoms with Crippen molar-refractivity contribution in [3.8, 4) is 0 Å². The van der Waals surface area contributed by atoms with Gasteiger partial charge in [-0.1, -0.05) is 13.8 Å². The fraction of sp³-hybridized carbons (Fsp3) is 0.850. The minimum atomic E-state index is -0.667. The molecule has 0 bridgehead atoms. The quantitative estimate of drug-likeness (QED) is 0.587. The lowest BCUT2D eigenvalue weighted by Crippen LogP contribution is -2.64. The number of rotatable bonds is 6. The third-order valence-corrected chi connectivity index (χ3v) is 5.96. The van der Waals surface area contributed by atoms with Gasteiger partial charge in [-0.2, -0.15) is 5.06 Å². The average molecular weight is 397 g/mol. The standard InChI is InChI=1S/C20H36N4O4/c1-13(2)16(22-17(26)15-8-7-9-23(15)12-25)18(27)21-14-10-19(3,4)24(28)20(5,6)11-14/h12-16,28H,7-11H2,1-6H3,(H,21,27)(H,22,26)/t15-,16?/m0/s1. The largest absolute Gasteiger partial charge is 0.351 e. The molecule has 28 heavy (non-hydrogen) atoms. The van der Waals surface area contributed by atoms with Crippen LogP contribution in [-0.2, 0) is 14.4 Å². The molecule has 2 aliphatic heterocycles. The smallest absolute Gasteiger partial charge is 0.243 e. The second-order valence-corrected chi connectivity index (χ2v) is 9.78. The molecule has 2 atom stereocenters. The second kappa shape index (κ2) is 8.37. The molecule has 2 fully saturated rings. The van der Waals surface area contributed by atoms with Crippen molar-refractivity contribution in [1.29, 1.82) is 0 Å². The molecule has 0 aromatic heterocycles. The Morgan fingerprint density at radius 3 is 2.21 bits per heavy atom. The molecule has 0 radical (unpaired) electrons. The zero-order valence-electron chi connectivity index (χ0n) is 18.0. The van der Waals surface area contributed by atoms with Crippen LogP contribution in [0.3, 0.4) is 0 Å². The zero-order valence-corrected chi connectivity index (χ0v) is 18.0. The second-order valence-electron chi connectivity index (χ2n) is 9.78. The summed E-state index contributed by atoms with van der Waals surface area (Å²) in [6, 6.07) is -1.26. The molecule has 8 heteroatoms. The van der Waals surface area contributed by atoms with Crippen LogP contribution in [0.25, 0.3) is 0 Å². The number of piperidine rings is 1. The maximum atomic E-state index is 13.0. The van der Waals surface area contributed by atoms with Crippen molar-refractivity contribution in [2.24, 2.45) is 5.92 Å². The first-order chi connectivity index (χ1) is 12.9. The topological polar surface area (TPSA) is 102 Å². The molecule has 2 saturated heterocycles. The first kappa shape index (κ1) is 22.6. The van der Waals surface area contributed by atoms with Gasteiger partial charge in [-0.25, -0.2) is 0 Å². The first-order valence-electron chi connectivity index (χ1n) is 10.2. The molecule has 2 aliphatic rings. The van der Waals surface area contributed by atoms with Gasteiger partial charge in [0, 0.05) is 23.7 Å². The predicted molar refractivity (Wildman–Crippen MR) is 106 cm³/mol. The van der Waals surface area contributed by atoms with Crippen molar-refractivity contribution in [3.63, 3.8) is 0 Å². The van der Waals surface area contributed by atoms with Gasteiger partial charge in [0.25, 0.3) is 0 Å². The highest BCUT2D eigenvalue weighted by molar-refractivity contribution is 5.91. The number of carbonyl (C=O) groups excluding carboxylic acids is 3. The van der Waals surface area contributed by atoms with Gasteiger partial charge in [-0.15, -0.1) is 0 Å². The Labute approximate surface area is 168 Å². The fourth-order valence-electron chi connectivity index (χ4n) is 4.64. The molecule has 2 rings (SSSR count). The number of nitrogens with zero attached hydrogens (tertiary/aromatic N) is 2. The Bertz CT molecular complexity index is 587. The number of hydrogen-bond acceptors (Lipinski definition) is 5. The summed E-state index contributed by atoms with van der Waals surface area (Å²) >= 11 is 0. The number of amides is 3. The average Bonchev–Trinajstić information content (AvgIpc) is 3.05. The maximum Gasteiger partial charge on any atom is 0.243 e. The van der Waals surface area contributed by atoms with Crippen LogP contribution in [0.1, 0.15) is 67.2 Å². The van der Waals surface area contributed by atoms with E-state index in [1.54, 1.807) is 0 Å². The lowest BCUT2D eigenvalue weighted by atomic mass is 9.79. The molecule has 3 N–H and O–H groups in total. The van der Waals surface area contributed by atoms with Crippen LogP contribution in [0.4, 0.5) is 0 Å². The van der Waals surface area contributed by atoms with E-state index >= 15 is 0 Å². The SMILES string of the molecule is CC(C)C(NC(=O)[C@@H]1CCCN1C=O)C(=O)NC1CC(C)(C)N(O)C(C)(C)C1. The van der Waals surface area contributed by atoms with Crippen molar-refractivity contribution in [3.05, 3.63) is 0 Å². The van der Waals surface area contributed by atoms with E-state index < -0.39 is 23.2 Å². The molecular weight excluding hydrogens is 360 g/mol. The maximum absolute atomic E-state index is 13.0. The number of carbonyl (C=O) groups is 3. The molecule has 8 nitrogen and oxygen atoms in total. The van der Waals surface area contributed by atoms with E-state index in [1.165, 1.54) is 9.96 Å². The Balaban J connectivity index is 2.05. The molecule has 1 unspecified atom stereocenters. The van der Waals surface area contributed by atoms with Crippen LogP contribution in [-0.4, -0.2) is 69.1 Å². The van der Waals surface area contributed by atoms with Gasteiger partial charge in [0.2, 0.25) is 18.2 Å². The van der Waals surface area contributed by atoms with Crippen molar-refractivity contribution in [1.82, 2.24) is 20.6 Å². The molecule has 160 valence electrons. The predicted octanol–water partition coefficient (Wildman–Crippen LogP) is 1.28. The van der Waals surface area contributed by atoms with Crippen molar-refractivity contribution in [2.45, 2.75) is 96.4 Å². The Kier molecular flexibility index (Phi) is 6.76. The van der Waals surface area contributed by atoms with Crippen LogP contribution in [0.2, 0.25) is 0 Å². The number of likely N-dealkylation sites (tertiary alicyclic amines) is 1. The third-order valence-electron chi connectivity index (χ3n) is 5.96. The van der Waals surface area contributed by atoms with E-state index in [0.717, 1.165) is 6.42 Å². The Morgan fingerprint density at radius 2 is 1.71 bits per heavy atom. The van der Waals surface area contributed by atoms with Crippen LogP contribution in [0, 0.1) is 5.92 Å². The molecule has 2 heterocycles. The van der Waals surface area contributed by atoms with Crippen molar-refractivity contribution < 1.29 is 19.6 Å². The summed E-state index contributed by atoms with van der Waals surface area (Å²) < 4.78 is 0. The monoisotopic (exact) mass is 396 g/mol. The van der Waals surface area contributed by atoms with E-state index in [2.05, 4.69) is 10.6 Å². The molecule has 3 amide bonds. The van der Waals surface area contributed by atoms with Crippen LogP contribution >= 0.6 is 0 Å². The normalized spacial score (nSPS) is 26.1. The van der Waals surface area contributed by atoms with E-state index in [-0.39, 0.29) is 23.8 Å². The Morgan fingerprint density at radius 1 is 1.14 bits per heavy atom. The fourth-order valence-corrected chi connectivity index (χ4v) is 4.64. The summed E-state index contributed by atoms with van der Waals surface area (Å²) in [7, 11) is 0. The highest BCUT2D eigenvalue weighted by atomic mass is 16.5. The minimum Gasteiger partial charge on any atom is -0.351 e. The molecule has 0 spiro atoms. The summed E-state index contributed by atoms with van der Waals surface area (Å²) in [6.45, 7) is 12.1. The van der Waals surface area contributed by atoms with Crippen LogP contribution in [0.5, 0.6) is 0 Å². The Hall–Kier alpha value is -1.67. The third kappa shape index (κ3) is 4.84. The zero-order chi connectivity index (χ0) is 21.3. The van der Waals surface area contributed by atoms with Gasteiger partial charge in [-0.05, 0) is 59.3 Å². The van der Waals surface area contributed by atoms with Gasteiger partial charge >= 0.3 is 0 Å². The number of nitrogens with one attached hydrogen (secondary N) is 2. The van der Waals surface area contributed by atoms with Gasteiger partial charge in [0.15, 0.2) is 0 Å². The lowest BCUT2D eigenvalue weighted by Gasteiger charge is -2.51. The van der Waals surface area contributed by atoms with E-state index in [4.69, 9.17) is 0 Å². The minimum absolute atomic E-state index is 0.0889. The van der Waals surface area contributed by atoms with E-state index in [0.29, 0.717) is 32.2 Å². The number of hydroxylamine groups is 2. The molecular formula is C20H36N4O4. The summed E-state index contributed by atoms with van der Waals surface area (Å²) in [5.41, 5.74) is -0.935. The highest BCUT2D eigenvalue weighted by Crippen LogP contribution is 2.36. The van der Waals surface area contributed by atoms with Gasteiger partial charge in [-0.3, -0.25) is 14.4 Å². The van der Waals surface area contributed by atoms with Gasteiger partial charge in [0.05, 0.1) is 0 Å². The lowest BCUT2D eigenvalue weighted by molar-refractivity contribution is -0.246. The van der Waals surface area contributed by atoms with Crippen LogP contribution < -0.4 is 10.6 Å². The summed E-state index contributed by atoms with van der Waals surface area (Å²) in [5.74, 6) is -0.583. The van der Waals surface area contributed by atoms with Gasteiger partial charge < -0.3 is 20.7 Å².